The van der Waals surface area contributed by atoms with Crippen molar-refractivity contribution in [1.82, 2.24) is 5.32 Å². The zero-order valence-electron chi connectivity index (χ0n) is 12.1. The van der Waals surface area contributed by atoms with Crippen LogP contribution in [-0.2, 0) is 6.61 Å². The first-order chi connectivity index (χ1) is 10.0. The summed E-state index contributed by atoms with van der Waals surface area (Å²) in [6.07, 6.45) is 0. The summed E-state index contributed by atoms with van der Waals surface area (Å²) in [5.41, 5.74) is 0. The van der Waals surface area contributed by atoms with Gasteiger partial charge in [0, 0.05) is 11.6 Å². The molecule has 1 heterocycles. The number of furan rings is 1. The summed E-state index contributed by atoms with van der Waals surface area (Å²) in [6, 6.07) is 10.5. The van der Waals surface area contributed by atoms with Gasteiger partial charge in [-0.2, -0.15) is 0 Å². The number of carbonyl (C=O) groups is 1. The van der Waals surface area contributed by atoms with Gasteiger partial charge < -0.3 is 14.5 Å². The Labute approximate surface area is 129 Å². The summed E-state index contributed by atoms with van der Waals surface area (Å²) in [7, 11) is 0. The van der Waals surface area contributed by atoms with Gasteiger partial charge in [-0.3, -0.25) is 4.79 Å². The van der Waals surface area contributed by atoms with E-state index in [2.05, 4.69) is 5.32 Å². The Kier molecular flexibility index (Phi) is 5.28. The highest BCUT2D eigenvalue weighted by atomic mass is 35.5. The first-order valence-electron chi connectivity index (χ1n) is 6.80. The van der Waals surface area contributed by atoms with Gasteiger partial charge in [-0.1, -0.05) is 31.5 Å². The molecule has 0 spiro atoms. The minimum Gasteiger partial charge on any atom is -0.486 e. The molecule has 0 fully saturated rings. The molecule has 0 saturated heterocycles. The summed E-state index contributed by atoms with van der Waals surface area (Å²) >= 11 is 5.88. The standard InChI is InChI=1S/C16H18ClNO3/c1-11(2)9-18-16(19)15-7-6-14(21-15)10-20-13-5-3-4-12(17)8-13/h3-8,11H,9-10H2,1-2H3,(H,18,19). The number of ether oxygens (including phenoxy) is 1. The first kappa shape index (κ1) is 15.4. The van der Waals surface area contributed by atoms with Crippen LogP contribution in [0, 0.1) is 5.92 Å². The van der Waals surface area contributed by atoms with Crippen molar-refractivity contribution in [1.29, 1.82) is 0 Å². The molecule has 0 aliphatic carbocycles. The summed E-state index contributed by atoms with van der Waals surface area (Å²) in [6.45, 7) is 4.94. The topological polar surface area (TPSA) is 51.5 Å². The van der Waals surface area contributed by atoms with Crippen LogP contribution in [0.5, 0.6) is 5.75 Å². The van der Waals surface area contributed by atoms with Gasteiger partial charge >= 0.3 is 0 Å². The second-order valence-corrected chi connectivity index (χ2v) is 5.55. The van der Waals surface area contributed by atoms with Crippen LogP contribution in [0.15, 0.2) is 40.8 Å². The van der Waals surface area contributed by atoms with Gasteiger partial charge in [-0.25, -0.2) is 0 Å². The van der Waals surface area contributed by atoms with E-state index in [4.69, 9.17) is 20.8 Å². The minimum absolute atomic E-state index is 0.210. The highest BCUT2D eigenvalue weighted by molar-refractivity contribution is 6.30. The van der Waals surface area contributed by atoms with Crippen LogP contribution in [0.25, 0.3) is 0 Å². The number of hydrogen-bond acceptors (Lipinski definition) is 3. The number of benzene rings is 1. The van der Waals surface area contributed by atoms with E-state index in [1.807, 2.05) is 26.0 Å². The number of rotatable bonds is 6. The van der Waals surface area contributed by atoms with E-state index >= 15 is 0 Å². The lowest BCUT2D eigenvalue weighted by molar-refractivity contribution is 0.0917. The third-order valence-corrected chi connectivity index (χ3v) is 2.97. The predicted octanol–water partition coefficient (Wildman–Crippen LogP) is 3.90. The molecule has 1 aromatic heterocycles. The van der Waals surface area contributed by atoms with Crippen LogP contribution >= 0.6 is 11.6 Å². The second-order valence-electron chi connectivity index (χ2n) is 5.12. The minimum atomic E-state index is -0.210. The molecule has 1 amide bonds. The molecule has 2 aromatic rings. The van der Waals surface area contributed by atoms with Crippen LogP contribution in [-0.4, -0.2) is 12.5 Å². The van der Waals surface area contributed by atoms with Gasteiger partial charge in [-0.05, 0) is 36.2 Å². The fraction of sp³-hybridized carbons (Fsp3) is 0.312. The Morgan fingerprint density at radius 1 is 1.33 bits per heavy atom. The lowest BCUT2D eigenvalue weighted by Crippen LogP contribution is -2.26. The smallest absolute Gasteiger partial charge is 0.287 e. The molecule has 21 heavy (non-hydrogen) atoms. The molecular formula is C16H18ClNO3. The highest BCUT2D eigenvalue weighted by Gasteiger charge is 2.11. The van der Waals surface area contributed by atoms with Gasteiger partial charge in [0.25, 0.3) is 5.91 Å². The highest BCUT2D eigenvalue weighted by Crippen LogP contribution is 2.19. The van der Waals surface area contributed by atoms with Gasteiger partial charge in [0.1, 0.15) is 18.1 Å². The molecule has 0 bridgehead atoms. The number of nitrogens with one attached hydrogen (secondary N) is 1. The Morgan fingerprint density at radius 2 is 2.14 bits per heavy atom. The van der Waals surface area contributed by atoms with Crippen molar-refractivity contribution in [2.75, 3.05) is 6.54 Å². The van der Waals surface area contributed by atoms with Crippen molar-refractivity contribution in [3.05, 3.63) is 52.9 Å². The SMILES string of the molecule is CC(C)CNC(=O)c1ccc(COc2cccc(Cl)c2)o1. The molecule has 1 N–H and O–H groups in total. The van der Waals surface area contributed by atoms with Crippen LogP contribution < -0.4 is 10.1 Å². The molecule has 0 saturated carbocycles. The van der Waals surface area contributed by atoms with Crippen molar-refractivity contribution >= 4 is 17.5 Å². The van der Waals surface area contributed by atoms with Crippen molar-refractivity contribution in [3.63, 3.8) is 0 Å². The average molecular weight is 308 g/mol. The van der Waals surface area contributed by atoms with Crippen LogP contribution in [0.3, 0.4) is 0 Å². The maximum Gasteiger partial charge on any atom is 0.287 e. The number of amides is 1. The van der Waals surface area contributed by atoms with Gasteiger partial charge in [-0.15, -0.1) is 0 Å². The first-order valence-corrected chi connectivity index (χ1v) is 7.17. The molecular weight excluding hydrogens is 290 g/mol. The fourth-order valence-electron chi connectivity index (χ4n) is 1.67. The lowest BCUT2D eigenvalue weighted by atomic mass is 10.2. The van der Waals surface area contributed by atoms with Crippen molar-refractivity contribution < 1.29 is 13.9 Å². The Balaban J connectivity index is 1.89. The largest absolute Gasteiger partial charge is 0.486 e. The van der Waals surface area contributed by atoms with Gasteiger partial charge in [0.05, 0.1) is 0 Å². The van der Waals surface area contributed by atoms with Crippen molar-refractivity contribution in [3.8, 4) is 5.75 Å². The number of halogens is 1. The molecule has 4 nitrogen and oxygen atoms in total. The van der Waals surface area contributed by atoms with Crippen molar-refractivity contribution in [2.24, 2.45) is 5.92 Å². The van der Waals surface area contributed by atoms with Crippen molar-refractivity contribution in [2.45, 2.75) is 20.5 Å². The number of hydrogen-bond donors (Lipinski definition) is 1. The maximum atomic E-state index is 11.8. The van der Waals surface area contributed by atoms with Gasteiger partial charge in [0.2, 0.25) is 0 Å². The molecule has 112 valence electrons. The Hall–Kier alpha value is -1.94. The van der Waals surface area contributed by atoms with Crippen LogP contribution in [0.1, 0.15) is 30.2 Å². The number of carbonyl (C=O) groups excluding carboxylic acids is 1. The van der Waals surface area contributed by atoms with E-state index in [9.17, 15) is 4.79 Å². The molecule has 0 aliphatic heterocycles. The molecule has 1 aromatic carbocycles. The Morgan fingerprint density at radius 3 is 2.86 bits per heavy atom. The molecule has 0 radical (unpaired) electrons. The third kappa shape index (κ3) is 4.83. The summed E-state index contributed by atoms with van der Waals surface area (Å²) in [5, 5.41) is 3.41. The van der Waals surface area contributed by atoms with Gasteiger partial charge in [0.15, 0.2) is 5.76 Å². The molecule has 2 rings (SSSR count). The molecule has 0 atom stereocenters. The van der Waals surface area contributed by atoms with E-state index in [-0.39, 0.29) is 12.5 Å². The zero-order valence-corrected chi connectivity index (χ0v) is 12.8. The zero-order chi connectivity index (χ0) is 15.2. The monoisotopic (exact) mass is 307 g/mol. The quantitative estimate of drug-likeness (QED) is 0.880. The lowest BCUT2D eigenvalue weighted by Gasteiger charge is -2.06. The summed E-state index contributed by atoms with van der Waals surface area (Å²) in [4.78, 5) is 11.8. The summed E-state index contributed by atoms with van der Waals surface area (Å²) < 4.78 is 11.0. The summed E-state index contributed by atoms with van der Waals surface area (Å²) in [5.74, 6) is 1.72. The molecule has 0 unspecified atom stereocenters. The van der Waals surface area contributed by atoms with E-state index < -0.39 is 0 Å². The predicted molar refractivity (Wildman–Crippen MR) is 81.7 cm³/mol. The van der Waals surface area contributed by atoms with E-state index in [1.165, 1.54) is 0 Å². The van der Waals surface area contributed by atoms with Crippen LogP contribution in [0.4, 0.5) is 0 Å². The van der Waals surface area contributed by atoms with E-state index in [1.54, 1.807) is 24.3 Å². The van der Waals surface area contributed by atoms with E-state index in [0.717, 1.165) is 0 Å². The Bertz CT molecular complexity index is 607. The molecule has 0 aliphatic rings. The third-order valence-electron chi connectivity index (χ3n) is 2.73. The second kappa shape index (κ2) is 7.18. The molecule has 5 heteroatoms. The van der Waals surface area contributed by atoms with E-state index in [0.29, 0.717) is 34.8 Å². The average Bonchev–Trinajstić information content (AvgIpc) is 2.91. The fourth-order valence-corrected chi connectivity index (χ4v) is 1.85. The maximum absolute atomic E-state index is 11.8. The van der Waals surface area contributed by atoms with Crippen LogP contribution in [0.2, 0.25) is 5.02 Å². The normalized spacial score (nSPS) is 10.7.